The molecule has 5 nitrogen and oxygen atoms in total. The van der Waals surface area contributed by atoms with E-state index in [2.05, 4.69) is 18.6 Å². The number of methoxy groups -OCH3 is 1. The van der Waals surface area contributed by atoms with Gasteiger partial charge in [-0.3, -0.25) is 0 Å². The molecule has 0 heterocycles. The molecule has 0 radical (unpaired) electrons. The third-order valence-corrected chi connectivity index (χ3v) is 3.35. The topological polar surface area (TPSA) is 87.0 Å². The van der Waals surface area contributed by atoms with E-state index in [0.29, 0.717) is 0 Å². The van der Waals surface area contributed by atoms with Gasteiger partial charge in [-0.2, -0.15) is 0 Å². The monoisotopic (exact) mass is 304 g/mol. The molecule has 0 saturated carbocycles. The molecule has 0 aliphatic heterocycles. The zero-order chi connectivity index (χ0) is 16.8. The Balaban J connectivity index is 0.000000422. The summed E-state index contributed by atoms with van der Waals surface area (Å²) in [6.07, 6.45) is -1.25. The Hall–Kier alpha value is -2.69. The molecule has 0 spiro atoms. The Bertz CT molecular complexity index is 552. The molecule has 2 rings (SSSR count). The van der Waals surface area contributed by atoms with Crippen LogP contribution in [0, 0.1) is 0 Å². The summed E-state index contributed by atoms with van der Waals surface area (Å²) >= 11 is 0. The fourth-order valence-corrected chi connectivity index (χ4v) is 1.92. The minimum atomic E-state index is -1.25. The highest BCUT2D eigenvalue weighted by molar-refractivity contribution is 5.56. The van der Waals surface area contributed by atoms with Gasteiger partial charge in [-0.15, -0.1) is 0 Å². The zero-order valence-corrected chi connectivity index (χ0v) is 12.8. The predicted octanol–water partition coefficient (Wildman–Crippen LogP) is 3.73. The number of hydrogen-bond acceptors (Lipinski definition) is 4. The van der Waals surface area contributed by atoms with E-state index in [1.54, 1.807) is 24.3 Å². The molecule has 22 heavy (non-hydrogen) atoms. The molecule has 2 aromatic carbocycles. The molecule has 118 valence electrons. The molecular weight excluding hydrogens is 284 g/mol. The average molecular weight is 304 g/mol. The summed E-state index contributed by atoms with van der Waals surface area (Å²) in [6, 6.07) is 14.4. The SMILES string of the molecule is CC(C)(c1ccc(O)cc1)c1ccc(O)cc1.COC(=O)O. The maximum Gasteiger partial charge on any atom is 0.505 e. The summed E-state index contributed by atoms with van der Waals surface area (Å²) in [7, 11) is 1.10. The van der Waals surface area contributed by atoms with E-state index >= 15 is 0 Å². The van der Waals surface area contributed by atoms with Crippen LogP contribution in [0.25, 0.3) is 0 Å². The minimum absolute atomic E-state index is 0.151. The van der Waals surface area contributed by atoms with Gasteiger partial charge >= 0.3 is 6.16 Å². The van der Waals surface area contributed by atoms with E-state index in [1.165, 1.54) is 0 Å². The first-order chi connectivity index (χ1) is 10.3. The Labute approximate surface area is 129 Å². The molecule has 5 heteroatoms. The molecule has 0 fully saturated rings. The van der Waals surface area contributed by atoms with Crippen LogP contribution in [0.15, 0.2) is 48.5 Å². The standard InChI is InChI=1S/C15H16O2.C2H4O3/c1-15(2,11-3-7-13(16)8-4-11)12-5-9-14(17)10-6-12;1-5-2(3)4/h3-10,16-17H,1-2H3;1H3,(H,3,4). The molecule has 2 aromatic rings. The smallest absolute Gasteiger partial charge is 0.505 e. The third kappa shape index (κ3) is 4.70. The second-order valence-corrected chi connectivity index (χ2v) is 5.19. The first kappa shape index (κ1) is 17.4. The van der Waals surface area contributed by atoms with Gasteiger partial charge in [-0.05, 0) is 35.4 Å². The number of carboxylic acid groups (broad SMARTS) is 1. The van der Waals surface area contributed by atoms with E-state index in [4.69, 9.17) is 9.90 Å². The Kier molecular flexibility index (Phi) is 5.81. The number of phenolic OH excluding ortho intramolecular Hbond substituents is 2. The molecule has 0 atom stereocenters. The Morgan fingerprint density at radius 2 is 1.14 bits per heavy atom. The third-order valence-electron chi connectivity index (χ3n) is 3.35. The Morgan fingerprint density at radius 1 is 0.864 bits per heavy atom. The van der Waals surface area contributed by atoms with E-state index < -0.39 is 6.16 Å². The summed E-state index contributed by atoms with van der Waals surface area (Å²) < 4.78 is 3.67. The predicted molar refractivity (Wildman–Crippen MR) is 83.4 cm³/mol. The van der Waals surface area contributed by atoms with Crippen molar-refractivity contribution >= 4 is 6.16 Å². The van der Waals surface area contributed by atoms with Crippen molar-refractivity contribution in [3.63, 3.8) is 0 Å². The molecule has 3 N–H and O–H groups in total. The number of aromatic hydroxyl groups is 2. The fraction of sp³-hybridized carbons (Fsp3) is 0.235. The van der Waals surface area contributed by atoms with Crippen molar-refractivity contribution in [2.75, 3.05) is 7.11 Å². The van der Waals surface area contributed by atoms with Crippen LogP contribution in [0.4, 0.5) is 4.79 Å². The van der Waals surface area contributed by atoms with Gasteiger partial charge in [-0.1, -0.05) is 38.1 Å². The summed E-state index contributed by atoms with van der Waals surface area (Å²) in [5, 5.41) is 26.1. The van der Waals surface area contributed by atoms with Crippen molar-refractivity contribution in [2.45, 2.75) is 19.3 Å². The maximum absolute atomic E-state index is 9.30. The summed E-state index contributed by atoms with van der Waals surface area (Å²) in [5.74, 6) is 0.547. The largest absolute Gasteiger partial charge is 0.508 e. The number of ether oxygens (including phenoxy) is 1. The number of rotatable bonds is 2. The highest BCUT2D eigenvalue weighted by Crippen LogP contribution is 2.32. The molecular formula is C17H20O5. The minimum Gasteiger partial charge on any atom is -0.508 e. The van der Waals surface area contributed by atoms with Gasteiger partial charge in [0, 0.05) is 5.41 Å². The number of hydrogen-bond donors (Lipinski definition) is 3. The second kappa shape index (κ2) is 7.36. The number of carbonyl (C=O) groups is 1. The molecule has 0 amide bonds. The van der Waals surface area contributed by atoms with Crippen LogP contribution < -0.4 is 0 Å². The maximum atomic E-state index is 9.30. The molecule has 0 aliphatic rings. The van der Waals surface area contributed by atoms with Gasteiger partial charge in [0.15, 0.2) is 0 Å². The zero-order valence-electron chi connectivity index (χ0n) is 12.8. The number of benzene rings is 2. The molecule has 0 bridgehead atoms. The fourth-order valence-electron chi connectivity index (χ4n) is 1.92. The first-order valence-electron chi connectivity index (χ1n) is 6.63. The lowest BCUT2D eigenvalue weighted by Crippen LogP contribution is -2.18. The van der Waals surface area contributed by atoms with Gasteiger partial charge in [0.1, 0.15) is 11.5 Å². The molecule has 0 saturated heterocycles. The summed E-state index contributed by atoms with van der Waals surface area (Å²) in [5.41, 5.74) is 2.10. The lowest BCUT2D eigenvalue weighted by Gasteiger charge is -2.26. The van der Waals surface area contributed by atoms with Gasteiger partial charge in [0.2, 0.25) is 0 Å². The second-order valence-electron chi connectivity index (χ2n) is 5.19. The summed E-state index contributed by atoms with van der Waals surface area (Å²) in [4.78, 5) is 9.15. The van der Waals surface area contributed by atoms with Crippen LogP contribution in [0.5, 0.6) is 11.5 Å². The highest BCUT2D eigenvalue weighted by Gasteiger charge is 2.22. The average Bonchev–Trinajstić information content (AvgIpc) is 2.48. The highest BCUT2D eigenvalue weighted by atomic mass is 16.6. The Morgan fingerprint density at radius 3 is 1.36 bits per heavy atom. The normalized spacial score (nSPS) is 10.3. The number of phenols is 2. The van der Waals surface area contributed by atoms with Crippen molar-refractivity contribution in [3.05, 3.63) is 59.7 Å². The lowest BCUT2D eigenvalue weighted by atomic mass is 9.78. The van der Waals surface area contributed by atoms with Gasteiger partial charge in [0.25, 0.3) is 0 Å². The molecule has 0 unspecified atom stereocenters. The van der Waals surface area contributed by atoms with Crippen LogP contribution in [0.1, 0.15) is 25.0 Å². The van der Waals surface area contributed by atoms with E-state index in [0.717, 1.165) is 18.2 Å². The lowest BCUT2D eigenvalue weighted by molar-refractivity contribution is 0.114. The first-order valence-corrected chi connectivity index (χ1v) is 6.63. The van der Waals surface area contributed by atoms with Crippen LogP contribution in [0.2, 0.25) is 0 Å². The molecule has 0 aliphatic carbocycles. The van der Waals surface area contributed by atoms with Crippen molar-refractivity contribution < 1.29 is 24.9 Å². The van der Waals surface area contributed by atoms with Crippen LogP contribution in [0.3, 0.4) is 0 Å². The van der Waals surface area contributed by atoms with Crippen molar-refractivity contribution in [2.24, 2.45) is 0 Å². The van der Waals surface area contributed by atoms with Crippen LogP contribution >= 0.6 is 0 Å². The van der Waals surface area contributed by atoms with E-state index in [1.807, 2.05) is 24.3 Å². The van der Waals surface area contributed by atoms with Crippen LogP contribution in [-0.4, -0.2) is 28.6 Å². The van der Waals surface area contributed by atoms with Crippen molar-refractivity contribution in [3.8, 4) is 11.5 Å². The summed E-state index contributed by atoms with van der Waals surface area (Å²) in [6.45, 7) is 4.23. The van der Waals surface area contributed by atoms with Crippen molar-refractivity contribution in [1.29, 1.82) is 0 Å². The van der Waals surface area contributed by atoms with Gasteiger partial charge < -0.3 is 20.1 Å². The van der Waals surface area contributed by atoms with Crippen LogP contribution in [-0.2, 0) is 10.2 Å². The van der Waals surface area contributed by atoms with Gasteiger partial charge in [-0.25, -0.2) is 4.79 Å². The quantitative estimate of drug-likeness (QED) is 0.736. The van der Waals surface area contributed by atoms with Crippen molar-refractivity contribution in [1.82, 2.24) is 0 Å². The van der Waals surface area contributed by atoms with E-state index in [-0.39, 0.29) is 16.9 Å². The van der Waals surface area contributed by atoms with Gasteiger partial charge in [0.05, 0.1) is 7.11 Å². The molecule has 0 aromatic heterocycles. The van der Waals surface area contributed by atoms with E-state index in [9.17, 15) is 10.2 Å².